The van der Waals surface area contributed by atoms with E-state index in [-0.39, 0.29) is 5.01 Å². The predicted octanol–water partition coefficient (Wildman–Crippen LogP) is 0.899. The highest BCUT2D eigenvalue weighted by Gasteiger charge is 2.43. The van der Waals surface area contributed by atoms with Crippen molar-refractivity contribution in [1.29, 1.82) is 0 Å². The lowest BCUT2D eigenvalue weighted by Crippen LogP contribution is -2.46. The lowest BCUT2D eigenvalue weighted by atomic mass is 10.5. The van der Waals surface area contributed by atoms with Crippen LogP contribution in [0, 0.1) is 0 Å². The van der Waals surface area contributed by atoms with E-state index >= 15 is 0 Å². The van der Waals surface area contributed by atoms with Gasteiger partial charge in [0.05, 0.1) is 0 Å². The molecular formula is C6H4ClF3N4O. The third-order valence-electron chi connectivity index (χ3n) is 1.33. The van der Waals surface area contributed by atoms with E-state index in [4.69, 9.17) is 17.4 Å². The molecule has 0 saturated heterocycles. The van der Waals surface area contributed by atoms with Crippen molar-refractivity contribution in [2.45, 2.75) is 6.18 Å². The van der Waals surface area contributed by atoms with E-state index in [0.717, 1.165) is 12.4 Å². The molecule has 2 N–H and O–H groups in total. The van der Waals surface area contributed by atoms with Crippen LogP contribution in [0.15, 0.2) is 12.4 Å². The summed E-state index contributed by atoms with van der Waals surface area (Å²) in [4.78, 5) is 17.5. The summed E-state index contributed by atoms with van der Waals surface area (Å²) in [5.41, 5.74) is 0. The monoisotopic (exact) mass is 240 g/mol. The van der Waals surface area contributed by atoms with Gasteiger partial charge in [-0.2, -0.15) is 13.2 Å². The highest BCUT2D eigenvalue weighted by Crippen LogP contribution is 2.23. The van der Waals surface area contributed by atoms with Gasteiger partial charge in [0.15, 0.2) is 11.0 Å². The molecule has 0 bridgehead atoms. The Balaban J connectivity index is 3.01. The Labute approximate surface area is 86.6 Å². The van der Waals surface area contributed by atoms with Crippen molar-refractivity contribution >= 4 is 23.3 Å². The van der Waals surface area contributed by atoms with Gasteiger partial charge in [0.25, 0.3) is 0 Å². The highest BCUT2D eigenvalue weighted by atomic mass is 35.5. The molecule has 0 aliphatic carbocycles. The minimum absolute atomic E-state index is 0.199. The molecule has 1 aromatic rings. The molecule has 0 saturated carbocycles. The number of carbonyl (C=O) groups is 1. The van der Waals surface area contributed by atoms with Gasteiger partial charge in [-0.25, -0.2) is 20.8 Å². The van der Waals surface area contributed by atoms with Gasteiger partial charge in [0.1, 0.15) is 0 Å². The van der Waals surface area contributed by atoms with Gasteiger partial charge in [-0.3, -0.25) is 4.79 Å². The maximum Gasteiger partial charge on any atom is 0.473 e. The summed E-state index contributed by atoms with van der Waals surface area (Å²) in [6.45, 7) is 0. The Kier molecular flexibility index (Phi) is 3.10. The molecule has 0 spiro atoms. The van der Waals surface area contributed by atoms with Crippen molar-refractivity contribution in [3.05, 3.63) is 17.5 Å². The van der Waals surface area contributed by atoms with Crippen LogP contribution in [0.3, 0.4) is 0 Å². The van der Waals surface area contributed by atoms with Crippen molar-refractivity contribution in [2.24, 2.45) is 5.84 Å². The number of carbonyl (C=O) groups excluding carboxylic acids is 1. The minimum Gasteiger partial charge on any atom is -0.262 e. The molecule has 0 fully saturated rings. The minimum atomic E-state index is -5.09. The SMILES string of the molecule is NN(C(=O)C(F)(F)F)c1nccnc1Cl. The second-order valence-electron chi connectivity index (χ2n) is 2.34. The Morgan fingerprint density at radius 2 is 1.93 bits per heavy atom. The van der Waals surface area contributed by atoms with Crippen LogP contribution in [0.4, 0.5) is 19.0 Å². The zero-order chi connectivity index (χ0) is 11.6. The molecular weight excluding hydrogens is 237 g/mol. The van der Waals surface area contributed by atoms with Crippen LogP contribution < -0.4 is 10.9 Å². The van der Waals surface area contributed by atoms with Crippen molar-refractivity contribution in [3.8, 4) is 0 Å². The molecule has 1 heterocycles. The van der Waals surface area contributed by atoms with Crippen LogP contribution in [0.25, 0.3) is 0 Å². The zero-order valence-corrected chi connectivity index (χ0v) is 7.75. The van der Waals surface area contributed by atoms with E-state index in [1.165, 1.54) is 0 Å². The normalized spacial score (nSPS) is 11.3. The first-order chi connectivity index (χ1) is 6.84. The van der Waals surface area contributed by atoms with Gasteiger partial charge in [-0.05, 0) is 0 Å². The van der Waals surface area contributed by atoms with Gasteiger partial charge in [0, 0.05) is 12.4 Å². The Morgan fingerprint density at radius 1 is 1.40 bits per heavy atom. The molecule has 0 radical (unpaired) electrons. The number of aromatic nitrogens is 2. The van der Waals surface area contributed by atoms with Crippen molar-refractivity contribution in [3.63, 3.8) is 0 Å². The first-order valence-corrected chi connectivity index (χ1v) is 3.84. The summed E-state index contributed by atoms with van der Waals surface area (Å²) in [5, 5.41) is -0.590. The van der Waals surface area contributed by atoms with Gasteiger partial charge < -0.3 is 0 Å². The van der Waals surface area contributed by atoms with Gasteiger partial charge in [-0.1, -0.05) is 11.6 Å². The average molecular weight is 241 g/mol. The van der Waals surface area contributed by atoms with Crippen molar-refractivity contribution in [1.82, 2.24) is 9.97 Å². The third kappa shape index (κ3) is 2.54. The second-order valence-corrected chi connectivity index (χ2v) is 2.70. The molecule has 82 valence electrons. The van der Waals surface area contributed by atoms with Gasteiger partial charge >= 0.3 is 12.1 Å². The maximum absolute atomic E-state index is 12.0. The van der Waals surface area contributed by atoms with E-state index in [9.17, 15) is 18.0 Å². The van der Waals surface area contributed by atoms with Crippen molar-refractivity contribution in [2.75, 3.05) is 5.01 Å². The summed E-state index contributed by atoms with van der Waals surface area (Å²) in [7, 11) is 0. The zero-order valence-electron chi connectivity index (χ0n) is 6.99. The van der Waals surface area contributed by atoms with E-state index in [0.29, 0.717) is 0 Å². The second kappa shape index (κ2) is 3.99. The number of hydrazine groups is 1. The quantitative estimate of drug-likeness (QED) is 0.450. The summed E-state index contributed by atoms with van der Waals surface area (Å²) < 4.78 is 35.9. The van der Waals surface area contributed by atoms with E-state index in [2.05, 4.69) is 9.97 Å². The number of amides is 1. The molecule has 0 aromatic carbocycles. The first kappa shape index (κ1) is 11.7. The lowest BCUT2D eigenvalue weighted by molar-refractivity contribution is -0.170. The number of nitrogens with zero attached hydrogens (tertiary/aromatic N) is 3. The summed E-state index contributed by atoms with van der Waals surface area (Å²) in [6.07, 6.45) is -2.88. The van der Waals surface area contributed by atoms with E-state index < -0.39 is 23.1 Å². The van der Waals surface area contributed by atoms with Crippen LogP contribution in [0.5, 0.6) is 0 Å². The number of nitrogens with two attached hydrogens (primary N) is 1. The summed E-state index contributed by atoms with van der Waals surface area (Å²) in [6, 6.07) is 0. The molecule has 15 heavy (non-hydrogen) atoms. The Morgan fingerprint density at radius 3 is 2.40 bits per heavy atom. The van der Waals surface area contributed by atoms with Gasteiger partial charge in [0.2, 0.25) is 0 Å². The van der Waals surface area contributed by atoms with Crippen LogP contribution in [-0.4, -0.2) is 22.1 Å². The maximum atomic E-state index is 12.0. The van der Waals surface area contributed by atoms with E-state index in [1.807, 2.05) is 0 Å². The molecule has 0 aliphatic heterocycles. The standard InChI is InChI=1S/C6H4ClF3N4O/c7-3-4(13-2-1-12-3)14(11)5(15)6(8,9)10/h1-2H,11H2. The first-order valence-electron chi connectivity index (χ1n) is 3.46. The molecule has 0 atom stereocenters. The smallest absolute Gasteiger partial charge is 0.262 e. The van der Waals surface area contributed by atoms with Crippen LogP contribution in [0.2, 0.25) is 5.15 Å². The number of halogens is 4. The summed E-state index contributed by atoms with van der Waals surface area (Å²) in [5.74, 6) is 2.07. The predicted molar refractivity (Wildman–Crippen MR) is 44.8 cm³/mol. The van der Waals surface area contributed by atoms with Gasteiger partial charge in [-0.15, -0.1) is 0 Å². The lowest BCUT2D eigenvalue weighted by Gasteiger charge is -2.16. The number of hydrogen-bond donors (Lipinski definition) is 1. The fourth-order valence-corrected chi connectivity index (χ4v) is 0.904. The fourth-order valence-electron chi connectivity index (χ4n) is 0.708. The molecule has 0 aliphatic rings. The number of hydrogen-bond acceptors (Lipinski definition) is 4. The topological polar surface area (TPSA) is 72.1 Å². The molecule has 0 unspecified atom stereocenters. The van der Waals surface area contributed by atoms with Crippen LogP contribution in [-0.2, 0) is 4.79 Å². The molecule has 9 heteroatoms. The third-order valence-corrected chi connectivity index (χ3v) is 1.59. The number of alkyl halides is 3. The molecule has 5 nitrogen and oxygen atoms in total. The average Bonchev–Trinajstić information content (AvgIpc) is 2.15. The Bertz CT molecular complexity index is 383. The fraction of sp³-hybridized carbons (Fsp3) is 0.167. The molecule has 1 amide bonds. The highest BCUT2D eigenvalue weighted by molar-refractivity contribution is 6.32. The number of rotatable bonds is 1. The number of anilines is 1. The van der Waals surface area contributed by atoms with Crippen LogP contribution >= 0.6 is 11.6 Å². The molecule has 1 aromatic heterocycles. The summed E-state index contributed by atoms with van der Waals surface area (Å²) >= 11 is 5.40. The van der Waals surface area contributed by atoms with Crippen LogP contribution in [0.1, 0.15) is 0 Å². The molecule has 1 rings (SSSR count). The Hall–Kier alpha value is -1.41. The largest absolute Gasteiger partial charge is 0.473 e. The van der Waals surface area contributed by atoms with Crippen molar-refractivity contribution < 1.29 is 18.0 Å². The van der Waals surface area contributed by atoms with E-state index in [1.54, 1.807) is 0 Å².